The van der Waals surface area contributed by atoms with E-state index in [1.165, 1.54) is 37.7 Å². The van der Waals surface area contributed by atoms with Crippen LogP contribution in [0.15, 0.2) is 23.8 Å². The quantitative estimate of drug-likeness (QED) is 0.542. The van der Waals surface area contributed by atoms with Gasteiger partial charge >= 0.3 is 0 Å². The molecule has 0 N–H and O–H groups in total. The van der Waals surface area contributed by atoms with Gasteiger partial charge in [-0.1, -0.05) is 37.1 Å². The van der Waals surface area contributed by atoms with Crippen molar-refractivity contribution in [2.75, 3.05) is 0 Å². The van der Waals surface area contributed by atoms with Gasteiger partial charge in [0.2, 0.25) is 0 Å². The Balaban J connectivity index is 2.30. The third kappa shape index (κ3) is 1.91. The summed E-state index contributed by atoms with van der Waals surface area (Å²) in [6, 6.07) is 0. The molecule has 3 atom stereocenters. The Hall–Kier alpha value is -0.520. The Labute approximate surface area is 94.5 Å². The Morgan fingerprint density at radius 3 is 2.87 bits per heavy atom. The fourth-order valence-electron chi connectivity index (χ4n) is 3.59. The minimum atomic E-state index is 0.571. The lowest BCUT2D eigenvalue weighted by Crippen LogP contribution is -2.38. The summed E-state index contributed by atoms with van der Waals surface area (Å²) in [5.41, 5.74) is 3.57. The molecule has 0 bridgehead atoms. The highest BCUT2D eigenvalue weighted by molar-refractivity contribution is 5.18. The van der Waals surface area contributed by atoms with Crippen molar-refractivity contribution in [2.24, 2.45) is 17.3 Å². The summed E-state index contributed by atoms with van der Waals surface area (Å²) in [5.74, 6) is 1.52. The fraction of sp³-hybridized carbons (Fsp3) is 0.733. The van der Waals surface area contributed by atoms with Crippen molar-refractivity contribution >= 4 is 0 Å². The molecule has 0 aromatic rings. The van der Waals surface area contributed by atoms with Crippen LogP contribution in [-0.2, 0) is 0 Å². The molecule has 0 nitrogen and oxygen atoms in total. The standard InChI is InChI=1S/C15H24/c1-11(2)13-6-5-8-15(4)9-7-12(3)10-14(13)15/h10,13-14H,1,5-9H2,2-4H3/t13?,14-,15-/m1/s1. The molecule has 1 saturated carbocycles. The van der Waals surface area contributed by atoms with Gasteiger partial charge in [-0.15, -0.1) is 0 Å². The molecule has 2 aliphatic rings. The summed E-state index contributed by atoms with van der Waals surface area (Å²) in [6.07, 6.45) is 9.45. The molecule has 1 fully saturated rings. The monoisotopic (exact) mass is 204 g/mol. The minimum Gasteiger partial charge on any atom is -0.0998 e. The van der Waals surface area contributed by atoms with Crippen LogP contribution in [0.5, 0.6) is 0 Å². The zero-order chi connectivity index (χ0) is 11.1. The van der Waals surface area contributed by atoms with Crippen LogP contribution >= 0.6 is 0 Å². The summed E-state index contributed by atoms with van der Waals surface area (Å²) in [4.78, 5) is 0. The van der Waals surface area contributed by atoms with Crippen molar-refractivity contribution in [2.45, 2.75) is 52.9 Å². The highest BCUT2D eigenvalue weighted by Gasteiger charge is 2.42. The molecular weight excluding hydrogens is 180 g/mol. The smallest absolute Gasteiger partial charge is 0.0111 e. The van der Waals surface area contributed by atoms with E-state index in [1.807, 2.05) is 0 Å². The zero-order valence-electron chi connectivity index (χ0n) is 10.5. The first-order valence-electron chi connectivity index (χ1n) is 6.36. The second-order valence-corrected chi connectivity index (χ2v) is 6.04. The second-order valence-electron chi connectivity index (χ2n) is 6.04. The van der Waals surface area contributed by atoms with Gasteiger partial charge in [0, 0.05) is 0 Å². The van der Waals surface area contributed by atoms with Crippen molar-refractivity contribution in [1.82, 2.24) is 0 Å². The van der Waals surface area contributed by atoms with Gasteiger partial charge in [-0.3, -0.25) is 0 Å². The number of hydrogen-bond acceptors (Lipinski definition) is 0. The van der Waals surface area contributed by atoms with Gasteiger partial charge < -0.3 is 0 Å². The Morgan fingerprint density at radius 2 is 2.20 bits per heavy atom. The molecule has 0 aromatic carbocycles. The Kier molecular flexibility index (Phi) is 2.79. The third-order valence-corrected chi connectivity index (χ3v) is 4.69. The van der Waals surface area contributed by atoms with Crippen LogP contribution in [0.1, 0.15) is 52.9 Å². The molecule has 2 rings (SSSR count). The van der Waals surface area contributed by atoms with E-state index in [9.17, 15) is 0 Å². The van der Waals surface area contributed by atoms with Crippen molar-refractivity contribution in [3.8, 4) is 0 Å². The predicted molar refractivity (Wildman–Crippen MR) is 66.7 cm³/mol. The average Bonchev–Trinajstić information content (AvgIpc) is 2.18. The van der Waals surface area contributed by atoms with E-state index in [0.29, 0.717) is 5.41 Å². The van der Waals surface area contributed by atoms with Crippen LogP contribution in [0.25, 0.3) is 0 Å². The molecule has 0 heterocycles. The van der Waals surface area contributed by atoms with Gasteiger partial charge in [-0.25, -0.2) is 0 Å². The topological polar surface area (TPSA) is 0 Å². The normalized spacial score (nSPS) is 40.6. The van der Waals surface area contributed by atoms with Crippen molar-refractivity contribution in [3.05, 3.63) is 23.8 Å². The maximum absolute atomic E-state index is 4.20. The highest BCUT2D eigenvalue weighted by Crippen LogP contribution is 2.52. The van der Waals surface area contributed by atoms with Crippen LogP contribution in [-0.4, -0.2) is 0 Å². The first kappa shape index (κ1) is 11.0. The van der Waals surface area contributed by atoms with Gasteiger partial charge in [-0.2, -0.15) is 0 Å². The molecule has 0 spiro atoms. The van der Waals surface area contributed by atoms with E-state index in [0.717, 1.165) is 11.8 Å². The lowest BCUT2D eigenvalue weighted by molar-refractivity contribution is 0.0909. The van der Waals surface area contributed by atoms with Gasteiger partial charge in [0.15, 0.2) is 0 Å². The summed E-state index contributed by atoms with van der Waals surface area (Å²) in [7, 11) is 0. The molecule has 0 amide bonds. The number of hydrogen-bond donors (Lipinski definition) is 0. The molecule has 1 unspecified atom stereocenters. The summed E-state index contributed by atoms with van der Waals surface area (Å²) >= 11 is 0. The maximum atomic E-state index is 4.20. The molecular formula is C15H24. The molecule has 0 aromatic heterocycles. The summed E-state index contributed by atoms with van der Waals surface area (Å²) in [5, 5.41) is 0. The van der Waals surface area contributed by atoms with E-state index < -0.39 is 0 Å². The maximum Gasteiger partial charge on any atom is -0.0111 e. The lowest BCUT2D eigenvalue weighted by atomic mass is 9.57. The molecule has 84 valence electrons. The largest absolute Gasteiger partial charge is 0.0998 e. The second kappa shape index (κ2) is 3.81. The highest BCUT2D eigenvalue weighted by atomic mass is 14.5. The van der Waals surface area contributed by atoms with Gasteiger partial charge in [0.25, 0.3) is 0 Å². The van der Waals surface area contributed by atoms with Crippen molar-refractivity contribution in [1.29, 1.82) is 0 Å². The van der Waals surface area contributed by atoms with Crippen LogP contribution in [0.3, 0.4) is 0 Å². The first-order valence-corrected chi connectivity index (χ1v) is 6.36. The number of fused-ring (bicyclic) bond motifs is 1. The van der Waals surface area contributed by atoms with E-state index in [2.05, 4.69) is 33.4 Å². The first-order chi connectivity index (χ1) is 7.03. The SMILES string of the molecule is C=C(C)C1CCC[C@]2(C)CCC(C)=C[C@H]12. The van der Waals surface area contributed by atoms with E-state index in [-0.39, 0.29) is 0 Å². The van der Waals surface area contributed by atoms with Crippen LogP contribution in [0, 0.1) is 17.3 Å². The molecule has 0 heteroatoms. The minimum absolute atomic E-state index is 0.571. The fourth-order valence-corrected chi connectivity index (χ4v) is 3.59. The number of allylic oxidation sites excluding steroid dienone is 3. The van der Waals surface area contributed by atoms with E-state index in [4.69, 9.17) is 0 Å². The molecule has 0 aliphatic heterocycles. The van der Waals surface area contributed by atoms with Gasteiger partial charge in [0.1, 0.15) is 0 Å². The predicted octanol–water partition coefficient (Wildman–Crippen LogP) is 4.73. The van der Waals surface area contributed by atoms with Crippen LogP contribution in [0.4, 0.5) is 0 Å². The van der Waals surface area contributed by atoms with Gasteiger partial charge in [0.05, 0.1) is 0 Å². The number of rotatable bonds is 1. The molecule has 0 saturated heterocycles. The van der Waals surface area contributed by atoms with Crippen LogP contribution in [0.2, 0.25) is 0 Å². The summed E-state index contributed by atoms with van der Waals surface area (Å²) < 4.78 is 0. The van der Waals surface area contributed by atoms with Gasteiger partial charge in [-0.05, 0) is 56.8 Å². The average molecular weight is 204 g/mol. The Bertz CT molecular complexity index is 297. The van der Waals surface area contributed by atoms with Crippen molar-refractivity contribution in [3.63, 3.8) is 0 Å². The third-order valence-electron chi connectivity index (χ3n) is 4.69. The van der Waals surface area contributed by atoms with Crippen LogP contribution < -0.4 is 0 Å². The molecule has 15 heavy (non-hydrogen) atoms. The molecule has 2 aliphatic carbocycles. The molecule has 0 radical (unpaired) electrons. The van der Waals surface area contributed by atoms with Crippen molar-refractivity contribution < 1.29 is 0 Å². The van der Waals surface area contributed by atoms with E-state index in [1.54, 1.807) is 5.57 Å². The zero-order valence-corrected chi connectivity index (χ0v) is 10.5. The Morgan fingerprint density at radius 1 is 1.47 bits per heavy atom. The van der Waals surface area contributed by atoms with E-state index >= 15 is 0 Å². The lowest BCUT2D eigenvalue weighted by Gasteiger charge is -2.48. The summed E-state index contributed by atoms with van der Waals surface area (Å²) in [6.45, 7) is 11.2.